The third-order valence-corrected chi connectivity index (χ3v) is 4.18. The first-order chi connectivity index (χ1) is 8.74. The quantitative estimate of drug-likeness (QED) is 0.432. The smallest absolute Gasteiger partial charge is 0.00994 e. The van der Waals surface area contributed by atoms with E-state index >= 15 is 0 Å². The molecular formula is C18H32. The summed E-state index contributed by atoms with van der Waals surface area (Å²) in [6, 6.07) is 0. The van der Waals surface area contributed by atoms with Crippen molar-refractivity contribution in [1.82, 2.24) is 0 Å². The van der Waals surface area contributed by atoms with Gasteiger partial charge in [0.15, 0.2) is 0 Å². The predicted octanol–water partition coefficient (Wildman–Crippen LogP) is 6.57. The Morgan fingerprint density at radius 2 is 1.22 bits per heavy atom. The molecule has 1 aliphatic carbocycles. The molecule has 0 heterocycles. The van der Waals surface area contributed by atoms with Gasteiger partial charge in [0.2, 0.25) is 0 Å². The lowest BCUT2D eigenvalue weighted by molar-refractivity contribution is 0.734. The van der Waals surface area contributed by atoms with Crippen LogP contribution in [0.4, 0.5) is 0 Å². The van der Waals surface area contributed by atoms with Gasteiger partial charge >= 0.3 is 0 Å². The summed E-state index contributed by atoms with van der Waals surface area (Å²) in [6.07, 6.45) is 13.4. The Kier molecular flexibility index (Phi) is 7.39. The minimum Gasteiger partial charge on any atom is -0.0658 e. The van der Waals surface area contributed by atoms with E-state index < -0.39 is 0 Å². The molecule has 0 saturated carbocycles. The molecule has 18 heavy (non-hydrogen) atoms. The summed E-state index contributed by atoms with van der Waals surface area (Å²) in [6.45, 7) is 9.29. The first-order valence-electron chi connectivity index (χ1n) is 8.14. The average Bonchev–Trinajstić information content (AvgIpc) is 2.67. The van der Waals surface area contributed by atoms with Crippen LogP contribution in [0.1, 0.15) is 91.9 Å². The Hall–Kier alpha value is -0.520. The van der Waals surface area contributed by atoms with Crippen LogP contribution >= 0.6 is 0 Å². The molecule has 1 aliphatic rings. The molecule has 1 rings (SSSR count). The summed E-state index contributed by atoms with van der Waals surface area (Å²) >= 11 is 0. The highest BCUT2D eigenvalue weighted by molar-refractivity contribution is 5.46. The van der Waals surface area contributed by atoms with Gasteiger partial charge in [0, 0.05) is 0 Å². The molecule has 0 aliphatic heterocycles. The van der Waals surface area contributed by atoms with E-state index in [2.05, 4.69) is 27.7 Å². The summed E-state index contributed by atoms with van der Waals surface area (Å²) in [5.41, 5.74) is 6.99. The van der Waals surface area contributed by atoms with Gasteiger partial charge in [-0.2, -0.15) is 0 Å². The number of unbranched alkanes of at least 4 members (excludes halogenated alkanes) is 3. The van der Waals surface area contributed by atoms with Crippen molar-refractivity contribution in [1.29, 1.82) is 0 Å². The molecular weight excluding hydrogens is 216 g/mol. The largest absolute Gasteiger partial charge is 0.0658 e. The van der Waals surface area contributed by atoms with Gasteiger partial charge in [-0.25, -0.2) is 0 Å². The Morgan fingerprint density at radius 3 is 1.78 bits per heavy atom. The van der Waals surface area contributed by atoms with Gasteiger partial charge in [0.05, 0.1) is 0 Å². The standard InChI is InChI=1S/C18H32/c1-5-8-11-16-14-15(4)17(12-9-6-2)18(16)13-10-7-3/h5-14H2,1-4H3. The Morgan fingerprint density at radius 1 is 0.722 bits per heavy atom. The van der Waals surface area contributed by atoms with E-state index in [1.54, 1.807) is 22.3 Å². The number of hydrogen-bond donors (Lipinski definition) is 0. The van der Waals surface area contributed by atoms with E-state index in [-0.39, 0.29) is 0 Å². The maximum atomic E-state index is 2.37. The minimum absolute atomic E-state index is 1.29. The Bertz CT molecular complexity index is 304. The summed E-state index contributed by atoms with van der Waals surface area (Å²) < 4.78 is 0. The van der Waals surface area contributed by atoms with Crippen LogP contribution in [0.5, 0.6) is 0 Å². The molecule has 0 nitrogen and oxygen atoms in total. The van der Waals surface area contributed by atoms with E-state index in [0.717, 1.165) is 0 Å². The predicted molar refractivity (Wildman–Crippen MR) is 82.9 cm³/mol. The zero-order chi connectivity index (χ0) is 13.4. The van der Waals surface area contributed by atoms with Gasteiger partial charge in [-0.05, 0) is 63.0 Å². The molecule has 104 valence electrons. The van der Waals surface area contributed by atoms with E-state index in [0.29, 0.717) is 0 Å². The molecule has 0 heteroatoms. The molecule has 0 atom stereocenters. The van der Waals surface area contributed by atoms with Crippen LogP contribution in [-0.4, -0.2) is 0 Å². The van der Waals surface area contributed by atoms with Crippen LogP contribution in [0, 0.1) is 0 Å². The molecule has 0 spiro atoms. The first kappa shape index (κ1) is 15.5. The maximum Gasteiger partial charge on any atom is -0.00994 e. The second-order valence-corrected chi connectivity index (χ2v) is 5.83. The average molecular weight is 248 g/mol. The normalized spacial score (nSPS) is 16.0. The van der Waals surface area contributed by atoms with Crippen LogP contribution in [0.25, 0.3) is 0 Å². The van der Waals surface area contributed by atoms with Gasteiger partial charge in [0.25, 0.3) is 0 Å². The molecule has 0 bridgehead atoms. The zero-order valence-electron chi connectivity index (χ0n) is 13.1. The molecule has 0 radical (unpaired) electrons. The summed E-state index contributed by atoms with van der Waals surface area (Å²) in [5, 5.41) is 0. The lowest BCUT2D eigenvalue weighted by atomic mass is 9.94. The van der Waals surface area contributed by atoms with E-state index in [1.165, 1.54) is 64.2 Å². The SMILES string of the molecule is CCCCC1=C(CCCC)C(CCCC)=C(C)C1. The zero-order valence-corrected chi connectivity index (χ0v) is 13.1. The van der Waals surface area contributed by atoms with Gasteiger partial charge in [-0.1, -0.05) is 51.2 Å². The fraction of sp³-hybridized carbons (Fsp3) is 0.778. The molecule has 0 N–H and O–H groups in total. The number of rotatable bonds is 9. The topological polar surface area (TPSA) is 0 Å². The van der Waals surface area contributed by atoms with E-state index in [4.69, 9.17) is 0 Å². The van der Waals surface area contributed by atoms with Gasteiger partial charge in [0.1, 0.15) is 0 Å². The molecule has 0 aromatic rings. The highest BCUT2D eigenvalue weighted by Crippen LogP contribution is 2.39. The Balaban J connectivity index is 2.75. The van der Waals surface area contributed by atoms with Crippen LogP contribution in [-0.2, 0) is 0 Å². The van der Waals surface area contributed by atoms with Crippen molar-refractivity contribution in [3.63, 3.8) is 0 Å². The fourth-order valence-corrected chi connectivity index (χ4v) is 3.03. The van der Waals surface area contributed by atoms with Crippen molar-refractivity contribution in [2.45, 2.75) is 91.9 Å². The van der Waals surface area contributed by atoms with E-state index in [9.17, 15) is 0 Å². The third kappa shape index (κ3) is 4.30. The molecule has 0 fully saturated rings. The van der Waals surface area contributed by atoms with Crippen molar-refractivity contribution in [3.8, 4) is 0 Å². The van der Waals surface area contributed by atoms with Crippen LogP contribution in [0.3, 0.4) is 0 Å². The minimum atomic E-state index is 1.29. The van der Waals surface area contributed by atoms with Gasteiger partial charge in [-0.3, -0.25) is 0 Å². The molecule has 0 unspecified atom stereocenters. The van der Waals surface area contributed by atoms with Crippen molar-refractivity contribution in [3.05, 3.63) is 22.3 Å². The van der Waals surface area contributed by atoms with Crippen LogP contribution in [0.15, 0.2) is 22.3 Å². The van der Waals surface area contributed by atoms with Crippen molar-refractivity contribution in [2.24, 2.45) is 0 Å². The monoisotopic (exact) mass is 248 g/mol. The van der Waals surface area contributed by atoms with Crippen molar-refractivity contribution in [2.75, 3.05) is 0 Å². The number of allylic oxidation sites excluding steroid dienone is 4. The lowest BCUT2D eigenvalue weighted by Crippen LogP contribution is -1.92. The summed E-state index contributed by atoms with van der Waals surface area (Å²) in [7, 11) is 0. The fourth-order valence-electron chi connectivity index (χ4n) is 3.03. The first-order valence-corrected chi connectivity index (χ1v) is 8.14. The number of hydrogen-bond acceptors (Lipinski definition) is 0. The maximum absolute atomic E-state index is 2.37. The molecule has 0 aromatic carbocycles. The third-order valence-electron chi connectivity index (χ3n) is 4.18. The lowest BCUT2D eigenvalue weighted by Gasteiger charge is -2.12. The van der Waals surface area contributed by atoms with Crippen LogP contribution in [0.2, 0.25) is 0 Å². The second-order valence-electron chi connectivity index (χ2n) is 5.83. The summed E-state index contributed by atoms with van der Waals surface area (Å²) in [4.78, 5) is 0. The highest BCUT2D eigenvalue weighted by atomic mass is 14.3. The van der Waals surface area contributed by atoms with Gasteiger partial charge in [-0.15, -0.1) is 0 Å². The van der Waals surface area contributed by atoms with Gasteiger partial charge < -0.3 is 0 Å². The Labute approximate surface area is 115 Å². The highest BCUT2D eigenvalue weighted by Gasteiger charge is 2.20. The van der Waals surface area contributed by atoms with Crippen molar-refractivity contribution >= 4 is 0 Å². The van der Waals surface area contributed by atoms with E-state index in [1.807, 2.05) is 0 Å². The second kappa shape index (κ2) is 8.56. The molecule has 0 amide bonds. The van der Waals surface area contributed by atoms with Crippen LogP contribution < -0.4 is 0 Å². The molecule has 0 aromatic heterocycles. The molecule has 0 saturated heterocycles. The van der Waals surface area contributed by atoms with Crippen molar-refractivity contribution < 1.29 is 0 Å². The summed E-state index contributed by atoms with van der Waals surface area (Å²) in [5.74, 6) is 0.